The minimum atomic E-state index is -1.11. The largest absolute Gasteiger partial charge is 0.459 e. The average Bonchev–Trinajstić information content (AvgIpc) is 2.89. The standard InChI is InChI=1S/C13H21NO4/c1-3-9(2)12(16)18-8-13(17)5-7-14-6-4-10(15)11(13)14/h3,10-11,15,17H,4-8H2,1-2H3. The van der Waals surface area contributed by atoms with Crippen molar-refractivity contribution < 1.29 is 19.7 Å². The van der Waals surface area contributed by atoms with E-state index in [1.807, 2.05) is 0 Å². The fourth-order valence-corrected chi connectivity index (χ4v) is 2.85. The number of carbonyl (C=O) groups is 1. The van der Waals surface area contributed by atoms with E-state index in [1.165, 1.54) is 0 Å². The van der Waals surface area contributed by atoms with Crippen molar-refractivity contribution in [3.63, 3.8) is 0 Å². The van der Waals surface area contributed by atoms with Gasteiger partial charge in [0.05, 0.1) is 12.1 Å². The second kappa shape index (κ2) is 4.99. The molecule has 3 unspecified atom stereocenters. The van der Waals surface area contributed by atoms with E-state index in [0.29, 0.717) is 18.4 Å². The topological polar surface area (TPSA) is 70.0 Å². The van der Waals surface area contributed by atoms with Crippen molar-refractivity contribution in [2.24, 2.45) is 0 Å². The number of hydrogen-bond donors (Lipinski definition) is 2. The molecule has 2 saturated heterocycles. The minimum absolute atomic E-state index is 0.0464. The lowest BCUT2D eigenvalue weighted by Gasteiger charge is -2.31. The zero-order valence-corrected chi connectivity index (χ0v) is 10.9. The van der Waals surface area contributed by atoms with Crippen LogP contribution in [0.4, 0.5) is 0 Å². The average molecular weight is 255 g/mol. The smallest absolute Gasteiger partial charge is 0.333 e. The molecule has 0 aromatic rings. The highest BCUT2D eigenvalue weighted by Gasteiger charge is 2.53. The van der Waals surface area contributed by atoms with E-state index in [-0.39, 0.29) is 12.6 Å². The number of carbonyl (C=O) groups excluding carboxylic acids is 1. The van der Waals surface area contributed by atoms with Gasteiger partial charge in [0.15, 0.2) is 0 Å². The van der Waals surface area contributed by atoms with Crippen LogP contribution in [0, 0.1) is 0 Å². The first kappa shape index (κ1) is 13.5. The lowest BCUT2D eigenvalue weighted by atomic mass is 9.92. The summed E-state index contributed by atoms with van der Waals surface area (Å²) in [4.78, 5) is 13.6. The van der Waals surface area contributed by atoms with Gasteiger partial charge in [-0.15, -0.1) is 0 Å². The quantitative estimate of drug-likeness (QED) is 0.551. The fraction of sp³-hybridized carbons (Fsp3) is 0.769. The molecule has 2 aliphatic rings. The SMILES string of the molecule is CC=C(C)C(=O)OCC1(O)CCN2CCC(O)C21. The van der Waals surface area contributed by atoms with Crippen molar-refractivity contribution >= 4 is 5.97 Å². The van der Waals surface area contributed by atoms with Gasteiger partial charge in [-0.25, -0.2) is 4.79 Å². The second-order valence-electron chi connectivity index (χ2n) is 5.24. The van der Waals surface area contributed by atoms with Crippen molar-refractivity contribution in [2.75, 3.05) is 19.7 Å². The van der Waals surface area contributed by atoms with Crippen molar-refractivity contribution in [1.82, 2.24) is 4.90 Å². The number of aliphatic hydroxyl groups excluding tert-OH is 1. The van der Waals surface area contributed by atoms with Crippen LogP contribution in [0.25, 0.3) is 0 Å². The lowest BCUT2D eigenvalue weighted by Crippen LogP contribution is -2.50. The van der Waals surface area contributed by atoms with E-state index < -0.39 is 17.7 Å². The highest BCUT2D eigenvalue weighted by molar-refractivity contribution is 5.87. The van der Waals surface area contributed by atoms with E-state index in [2.05, 4.69) is 4.90 Å². The summed E-state index contributed by atoms with van der Waals surface area (Å²) >= 11 is 0. The van der Waals surface area contributed by atoms with Gasteiger partial charge in [0.2, 0.25) is 0 Å². The molecule has 5 nitrogen and oxygen atoms in total. The summed E-state index contributed by atoms with van der Waals surface area (Å²) in [5.74, 6) is -0.406. The number of allylic oxidation sites excluding steroid dienone is 1. The molecule has 5 heteroatoms. The molecule has 0 aromatic heterocycles. The molecule has 2 N–H and O–H groups in total. The highest BCUT2D eigenvalue weighted by Crippen LogP contribution is 2.36. The van der Waals surface area contributed by atoms with Crippen molar-refractivity contribution in [3.8, 4) is 0 Å². The summed E-state index contributed by atoms with van der Waals surface area (Å²) in [7, 11) is 0. The predicted molar refractivity (Wildman–Crippen MR) is 65.9 cm³/mol. The first-order valence-electron chi connectivity index (χ1n) is 6.42. The molecule has 102 valence electrons. The van der Waals surface area contributed by atoms with Crippen molar-refractivity contribution in [2.45, 2.75) is 44.4 Å². The first-order chi connectivity index (χ1) is 8.48. The van der Waals surface area contributed by atoms with Crippen LogP contribution in [0.2, 0.25) is 0 Å². The van der Waals surface area contributed by atoms with E-state index >= 15 is 0 Å². The molecule has 3 atom stereocenters. The lowest BCUT2D eigenvalue weighted by molar-refractivity contribution is -0.150. The zero-order valence-electron chi connectivity index (χ0n) is 10.9. The van der Waals surface area contributed by atoms with Gasteiger partial charge in [0.25, 0.3) is 0 Å². The molecular weight excluding hydrogens is 234 g/mol. The Hall–Kier alpha value is -0.910. The Balaban J connectivity index is 1.98. The molecule has 2 rings (SSSR count). The number of aliphatic hydroxyl groups is 2. The Bertz CT molecular complexity index is 368. The van der Waals surface area contributed by atoms with Gasteiger partial charge in [0.1, 0.15) is 12.2 Å². The number of rotatable bonds is 3. The number of esters is 1. The van der Waals surface area contributed by atoms with Crippen LogP contribution in [0.3, 0.4) is 0 Å². The van der Waals surface area contributed by atoms with Crippen LogP contribution in [0.15, 0.2) is 11.6 Å². The molecule has 2 heterocycles. The third-order valence-electron chi connectivity index (χ3n) is 4.06. The van der Waals surface area contributed by atoms with Crippen LogP contribution in [0.1, 0.15) is 26.7 Å². The second-order valence-corrected chi connectivity index (χ2v) is 5.24. The summed E-state index contributed by atoms with van der Waals surface area (Å²) < 4.78 is 5.14. The van der Waals surface area contributed by atoms with Gasteiger partial charge in [0, 0.05) is 18.7 Å². The van der Waals surface area contributed by atoms with Crippen LogP contribution in [-0.2, 0) is 9.53 Å². The van der Waals surface area contributed by atoms with Crippen LogP contribution >= 0.6 is 0 Å². The molecule has 0 aromatic carbocycles. The van der Waals surface area contributed by atoms with Gasteiger partial charge in [-0.2, -0.15) is 0 Å². The third-order valence-corrected chi connectivity index (χ3v) is 4.06. The van der Waals surface area contributed by atoms with Gasteiger partial charge >= 0.3 is 5.97 Å². The molecule has 0 spiro atoms. The maximum Gasteiger partial charge on any atom is 0.333 e. The van der Waals surface area contributed by atoms with E-state index in [9.17, 15) is 15.0 Å². The molecule has 0 amide bonds. The highest BCUT2D eigenvalue weighted by atomic mass is 16.5. The van der Waals surface area contributed by atoms with E-state index in [4.69, 9.17) is 4.74 Å². The molecule has 0 radical (unpaired) electrons. The maximum absolute atomic E-state index is 11.6. The van der Waals surface area contributed by atoms with E-state index in [0.717, 1.165) is 13.1 Å². The molecule has 2 fully saturated rings. The normalized spacial score (nSPS) is 36.8. The Morgan fingerprint density at radius 1 is 1.56 bits per heavy atom. The monoisotopic (exact) mass is 255 g/mol. The molecular formula is C13H21NO4. The molecule has 18 heavy (non-hydrogen) atoms. The molecule has 0 saturated carbocycles. The van der Waals surface area contributed by atoms with Gasteiger partial charge in [-0.3, -0.25) is 4.90 Å². The van der Waals surface area contributed by atoms with Gasteiger partial charge < -0.3 is 14.9 Å². The fourth-order valence-electron chi connectivity index (χ4n) is 2.85. The molecule has 2 aliphatic heterocycles. The van der Waals surface area contributed by atoms with Gasteiger partial charge in [-0.1, -0.05) is 6.08 Å². The molecule has 0 aliphatic carbocycles. The number of ether oxygens (including phenoxy) is 1. The Morgan fingerprint density at radius 3 is 2.94 bits per heavy atom. The summed E-state index contributed by atoms with van der Waals surface area (Å²) in [6.45, 7) is 4.95. The number of hydrogen-bond acceptors (Lipinski definition) is 5. The Morgan fingerprint density at radius 2 is 2.28 bits per heavy atom. The summed E-state index contributed by atoms with van der Waals surface area (Å²) in [6.07, 6.45) is 2.36. The number of fused-ring (bicyclic) bond motifs is 1. The van der Waals surface area contributed by atoms with Gasteiger partial charge in [-0.05, 0) is 26.7 Å². The van der Waals surface area contributed by atoms with Crippen LogP contribution in [0.5, 0.6) is 0 Å². The Kier molecular flexibility index (Phi) is 3.75. The van der Waals surface area contributed by atoms with Crippen molar-refractivity contribution in [3.05, 3.63) is 11.6 Å². The van der Waals surface area contributed by atoms with Crippen molar-refractivity contribution in [1.29, 1.82) is 0 Å². The summed E-state index contributed by atoms with van der Waals surface area (Å²) in [6, 6.07) is -0.295. The minimum Gasteiger partial charge on any atom is -0.459 e. The summed E-state index contributed by atoms with van der Waals surface area (Å²) in [5, 5.41) is 20.4. The number of nitrogens with zero attached hydrogens (tertiary/aromatic N) is 1. The first-order valence-corrected chi connectivity index (χ1v) is 6.42. The summed E-state index contributed by atoms with van der Waals surface area (Å²) in [5.41, 5.74) is -0.583. The Labute approximate surface area is 107 Å². The predicted octanol–water partition coefficient (Wildman–Crippen LogP) is 0.0658. The molecule has 0 bridgehead atoms. The van der Waals surface area contributed by atoms with Crippen LogP contribution in [-0.4, -0.2) is 58.5 Å². The maximum atomic E-state index is 11.6. The van der Waals surface area contributed by atoms with E-state index in [1.54, 1.807) is 19.9 Å². The van der Waals surface area contributed by atoms with Crippen LogP contribution < -0.4 is 0 Å². The zero-order chi connectivity index (χ0) is 13.3. The third kappa shape index (κ3) is 2.30.